The van der Waals surface area contributed by atoms with Gasteiger partial charge in [-0.25, -0.2) is 0 Å². The van der Waals surface area contributed by atoms with Crippen LogP contribution >= 0.6 is 0 Å². The van der Waals surface area contributed by atoms with Crippen LogP contribution < -0.4 is 0 Å². The highest BCUT2D eigenvalue weighted by Gasteiger charge is 2.63. The summed E-state index contributed by atoms with van der Waals surface area (Å²) in [6, 6.07) is 1.60. The van der Waals surface area contributed by atoms with Crippen LogP contribution in [-0.4, -0.2) is 49.6 Å². The molecule has 0 aromatic carbocycles. The van der Waals surface area contributed by atoms with Gasteiger partial charge in [0, 0.05) is 18.6 Å². The second-order valence-corrected chi connectivity index (χ2v) is 11.2. The summed E-state index contributed by atoms with van der Waals surface area (Å²) in [5.41, 5.74) is 3.04. The predicted octanol–water partition coefficient (Wildman–Crippen LogP) is 4.81. The Labute approximate surface area is 161 Å². The zero-order valence-electron chi connectivity index (χ0n) is 17.8. The summed E-state index contributed by atoms with van der Waals surface area (Å²) in [5.74, 6) is 3.96. The Kier molecular flexibility index (Phi) is 3.98. The Morgan fingerprint density at radius 3 is 2.58 bits per heavy atom. The first-order valence-electron chi connectivity index (χ1n) is 11.4. The SMILES string of the molecule is C[C@H]1[C@@H]2CC[C@@H]3[C@@H]4CC=C5C[C@@H](N(C)C)CC[C@]5(C)[C@@H]4CC[C@@]32CN1C. The summed E-state index contributed by atoms with van der Waals surface area (Å²) >= 11 is 0. The van der Waals surface area contributed by atoms with Gasteiger partial charge in [-0.2, -0.15) is 0 Å². The van der Waals surface area contributed by atoms with Crippen LogP contribution in [0.25, 0.3) is 0 Å². The summed E-state index contributed by atoms with van der Waals surface area (Å²) in [5, 5.41) is 0. The van der Waals surface area contributed by atoms with E-state index in [2.05, 4.69) is 50.9 Å². The molecule has 3 saturated carbocycles. The van der Waals surface area contributed by atoms with E-state index in [1.165, 1.54) is 57.9 Å². The zero-order valence-corrected chi connectivity index (χ0v) is 17.8. The van der Waals surface area contributed by atoms with Crippen LogP contribution in [0, 0.1) is 34.5 Å². The molecule has 2 heteroatoms. The fourth-order valence-electron chi connectivity index (χ4n) is 8.88. The second-order valence-electron chi connectivity index (χ2n) is 11.2. The highest BCUT2D eigenvalue weighted by atomic mass is 15.2. The van der Waals surface area contributed by atoms with Crippen LogP contribution in [0.15, 0.2) is 11.6 Å². The lowest BCUT2D eigenvalue weighted by Gasteiger charge is -2.58. The molecule has 0 N–H and O–H groups in total. The summed E-state index contributed by atoms with van der Waals surface area (Å²) in [6.07, 6.45) is 14.4. The normalized spacial score (nSPS) is 53.7. The first kappa shape index (κ1) is 17.7. The lowest BCUT2D eigenvalue weighted by molar-refractivity contribution is -0.0430. The minimum absolute atomic E-state index is 0.519. The minimum atomic E-state index is 0.519. The number of rotatable bonds is 1. The van der Waals surface area contributed by atoms with Gasteiger partial charge in [-0.1, -0.05) is 18.6 Å². The maximum Gasteiger partial charge on any atom is 0.0127 e. The van der Waals surface area contributed by atoms with Crippen LogP contribution in [0.3, 0.4) is 0 Å². The molecule has 4 aliphatic carbocycles. The van der Waals surface area contributed by atoms with Crippen LogP contribution in [-0.2, 0) is 0 Å². The van der Waals surface area contributed by atoms with E-state index in [-0.39, 0.29) is 0 Å². The highest BCUT2D eigenvalue weighted by molar-refractivity contribution is 5.26. The molecule has 26 heavy (non-hydrogen) atoms. The van der Waals surface area contributed by atoms with Crippen molar-refractivity contribution in [1.82, 2.24) is 9.80 Å². The molecule has 8 atom stereocenters. The summed E-state index contributed by atoms with van der Waals surface area (Å²) in [7, 11) is 6.95. The second kappa shape index (κ2) is 5.83. The molecule has 1 heterocycles. The maximum absolute atomic E-state index is 2.74. The Hall–Kier alpha value is -0.340. The monoisotopic (exact) mass is 356 g/mol. The molecule has 1 aliphatic heterocycles. The highest BCUT2D eigenvalue weighted by Crippen LogP contribution is 2.68. The van der Waals surface area contributed by atoms with E-state index in [1.807, 2.05) is 5.57 Å². The Morgan fingerprint density at radius 2 is 1.81 bits per heavy atom. The molecule has 0 radical (unpaired) electrons. The molecule has 5 aliphatic rings. The van der Waals surface area contributed by atoms with Gasteiger partial charge >= 0.3 is 0 Å². The van der Waals surface area contributed by atoms with Crippen LogP contribution in [0.2, 0.25) is 0 Å². The molecule has 0 aromatic rings. The fraction of sp³-hybridized carbons (Fsp3) is 0.917. The number of hydrogen-bond acceptors (Lipinski definition) is 2. The molecule has 0 aromatic heterocycles. The van der Waals surface area contributed by atoms with Crippen molar-refractivity contribution in [3.63, 3.8) is 0 Å². The van der Waals surface area contributed by atoms with E-state index in [9.17, 15) is 0 Å². The van der Waals surface area contributed by atoms with Gasteiger partial charge in [-0.15, -0.1) is 0 Å². The Bertz CT molecular complexity index is 609. The number of likely N-dealkylation sites (tertiary alicyclic amines) is 1. The molecule has 146 valence electrons. The average Bonchev–Trinajstić information content (AvgIpc) is 3.08. The van der Waals surface area contributed by atoms with Gasteiger partial charge in [-0.3, -0.25) is 0 Å². The van der Waals surface area contributed by atoms with E-state index >= 15 is 0 Å². The lowest BCUT2D eigenvalue weighted by Crippen LogP contribution is -2.52. The van der Waals surface area contributed by atoms with Gasteiger partial charge in [-0.05, 0) is 114 Å². The molecule has 2 nitrogen and oxygen atoms in total. The number of allylic oxidation sites excluding steroid dienone is 1. The van der Waals surface area contributed by atoms with Crippen LogP contribution in [0.4, 0.5) is 0 Å². The van der Waals surface area contributed by atoms with Crippen LogP contribution in [0.1, 0.15) is 65.2 Å². The minimum Gasteiger partial charge on any atom is -0.306 e. The van der Waals surface area contributed by atoms with Gasteiger partial charge in [0.1, 0.15) is 0 Å². The third-order valence-corrected chi connectivity index (χ3v) is 10.4. The van der Waals surface area contributed by atoms with E-state index in [0.29, 0.717) is 10.8 Å². The van der Waals surface area contributed by atoms with E-state index in [0.717, 1.165) is 35.8 Å². The molecule has 0 bridgehead atoms. The topological polar surface area (TPSA) is 6.48 Å². The maximum atomic E-state index is 2.74. The van der Waals surface area contributed by atoms with Crippen molar-refractivity contribution in [2.24, 2.45) is 34.5 Å². The van der Waals surface area contributed by atoms with Gasteiger partial charge in [0.25, 0.3) is 0 Å². The van der Waals surface area contributed by atoms with Crippen molar-refractivity contribution in [2.45, 2.75) is 77.3 Å². The molecule has 5 rings (SSSR count). The Balaban J connectivity index is 1.45. The first-order chi connectivity index (χ1) is 12.4. The molecule has 0 amide bonds. The van der Waals surface area contributed by atoms with E-state index in [1.54, 1.807) is 0 Å². The van der Waals surface area contributed by atoms with Crippen molar-refractivity contribution in [1.29, 1.82) is 0 Å². The molecular formula is C24H40N2. The van der Waals surface area contributed by atoms with Crippen molar-refractivity contribution >= 4 is 0 Å². The number of nitrogens with zero attached hydrogens (tertiary/aromatic N) is 2. The number of fused-ring (bicyclic) bond motifs is 4. The average molecular weight is 357 g/mol. The van der Waals surface area contributed by atoms with Crippen molar-refractivity contribution in [3.8, 4) is 0 Å². The van der Waals surface area contributed by atoms with E-state index < -0.39 is 0 Å². The Morgan fingerprint density at radius 1 is 1.04 bits per heavy atom. The van der Waals surface area contributed by atoms with Gasteiger partial charge in [0.15, 0.2) is 0 Å². The fourth-order valence-corrected chi connectivity index (χ4v) is 8.88. The quantitative estimate of drug-likeness (QED) is 0.622. The molecule has 1 spiro atoms. The van der Waals surface area contributed by atoms with E-state index in [4.69, 9.17) is 0 Å². The molecule has 1 saturated heterocycles. The lowest BCUT2D eigenvalue weighted by atomic mass is 9.47. The number of hydrogen-bond donors (Lipinski definition) is 0. The molecular weight excluding hydrogens is 316 g/mol. The summed E-state index contributed by atoms with van der Waals surface area (Å²) in [4.78, 5) is 5.17. The zero-order chi connectivity index (χ0) is 18.3. The van der Waals surface area contributed by atoms with Crippen molar-refractivity contribution in [2.75, 3.05) is 27.7 Å². The predicted molar refractivity (Wildman–Crippen MR) is 109 cm³/mol. The van der Waals surface area contributed by atoms with Crippen molar-refractivity contribution < 1.29 is 0 Å². The third-order valence-electron chi connectivity index (χ3n) is 10.4. The third kappa shape index (κ3) is 2.18. The summed E-state index contributed by atoms with van der Waals surface area (Å²) < 4.78 is 0. The molecule has 0 unspecified atom stereocenters. The molecule has 4 fully saturated rings. The summed E-state index contributed by atoms with van der Waals surface area (Å²) in [6.45, 7) is 6.56. The standard InChI is InChI=1S/C24H40N2/c1-16-20-8-9-22-19-7-6-17-14-18(25(3)4)10-12-23(17,2)21(19)11-13-24(20,22)15-26(16)5/h6,16,18-22H,7-15H2,1-5H3/t16-,18-,19+,20-,21+,22+,23-,24-/m0/s1. The van der Waals surface area contributed by atoms with Gasteiger partial charge in [0.2, 0.25) is 0 Å². The first-order valence-corrected chi connectivity index (χ1v) is 11.4. The van der Waals surface area contributed by atoms with Crippen molar-refractivity contribution in [3.05, 3.63) is 11.6 Å². The van der Waals surface area contributed by atoms with Gasteiger partial charge in [0.05, 0.1) is 0 Å². The largest absolute Gasteiger partial charge is 0.306 e. The van der Waals surface area contributed by atoms with Gasteiger partial charge < -0.3 is 9.80 Å². The van der Waals surface area contributed by atoms with Crippen LogP contribution in [0.5, 0.6) is 0 Å². The smallest absolute Gasteiger partial charge is 0.0127 e.